The van der Waals surface area contributed by atoms with Gasteiger partial charge in [-0.3, -0.25) is 11.3 Å². The molecular formula is C18H21FN2. The van der Waals surface area contributed by atoms with Crippen LogP contribution in [-0.4, -0.2) is 0 Å². The van der Waals surface area contributed by atoms with E-state index in [9.17, 15) is 4.39 Å². The van der Waals surface area contributed by atoms with Crippen LogP contribution in [0.2, 0.25) is 0 Å². The Morgan fingerprint density at radius 1 is 1.14 bits per heavy atom. The van der Waals surface area contributed by atoms with Gasteiger partial charge in [-0.25, -0.2) is 4.39 Å². The Morgan fingerprint density at radius 2 is 1.86 bits per heavy atom. The van der Waals surface area contributed by atoms with Gasteiger partial charge in [0.2, 0.25) is 0 Å². The molecule has 0 aromatic heterocycles. The van der Waals surface area contributed by atoms with Crippen molar-refractivity contribution >= 4 is 0 Å². The third-order valence-electron chi connectivity index (χ3n) is 4.86. The maximum atomic E-state index is 13.4. The smallest absolute Gasteiger partial charge is 0.123 e. The maximum Gasteiger partial charge on any atom is 0.123 e. The van der Waals surface area contributed by atoms with E-state index in [2.05, 4.69) is 29.7 Å². The molecule has 1 unspecified atom stereocenters. The minimum Gasteiger partial charge on any atom is -0.271 e. The molecule has 21 heavy (non-hydrogen) atoms. The van der Waals surface area contributed by atoms with Gasteiger partial charge in [0.25, 0.3) is 0 Å². The average Bonchev–Trinajstić information content (AvgIpc) is 2.44. The largest absolute Gasteiger partial charge is 0.271 e. The third kappa shape index (κ3) is 2.37. The van der Waals surface area contributed by atoms with E-state index in [4.69, 9.17) is 5.84 Å². The molecule has 0 saturated heterocycles. The number of hydrogen-bond acceptors (Lipinski definition) is 2. The molecule has 1 saturated carbocycles. The van der Waals surface area contributed by atoms with E-state index in [1.165, 1.54) is 18.1 Å². The van der Waals surface area contributed by atoms with E-state index in [0.717, 1.165) is 24.0 Å². The summed E-state index contributed by atoms with van der Waals surface area (Å²) < 4.78 is 13.4. The van der Waals surface area contributed by atoms with Crippen molar-refractivity contribution in [1.82, 2.24) is 5.43 Å². The second-order valence-corrected chi connectivity index (χ2v) is 5.98. The molecule has 3 rings (SSSR count). The van der Waals surface area contributed by atoms with Crippen LogP contribution in [0.4, 0.5) is 4.39 Å². The first kappa shape index (κ1) is 14.2. The van der Waals surface area contributed by atoms with Crippen LogP contribution in [0.25, 0.3) is 0 Å². The molecule has 2 aromatic rings. The molecule has 0 spiro atoms. The van der Waals surface area contributed by atoms with Crippen LogP contribution in [-0.2, 0) is 5.41 Å². The summed E-state index contributed by atoms with van der Waals surface area (Å²) in [5.74, 6) is 5.70. The number of rotatable bonds is 4. The van der Waals surface area contributed by atoms with E-state index in [0.29, 0.717) is 0 Å². The van der Waals surface area contributed by atoms with Crippen LogP contribution in [0.15, 0.2) is 48.5 Å². The van der Waals surface area contributed by atoms with Crippen LogP contribution in [0, 0.1) is 12.7 Å². The molecule has 1 aliphatic carbocycles. The van der Waals surface area contributed by atoms with Gasteiger partial charge in [0.05, 0.1) is 6.04 Å². The van der Waals surface area contributed by atoms with Crippen molar-refractivity contribution in [2.45, 2.75) is 37.6 Å². The quantitative estimate of drug-likeness (QED) is 0.662. The molecule has 3 N–H and O–H groups in total. The number of hydrogen-bond donors (Lipinski definition) is 2. The maximum absolute atomic E-state index is 13.4. The highest BCUT2D eigenvalue weighted by atomic mass is 19.1. The standard InChI is InChI=1S/C18H21FN2/c1-13-12-15(19)8-9-16(13)17(21-20)18(10-5-11-18)14-6-3-2-4-7-14/h2-4,6-9,12,17,21H,5,10-11,20H2,1H3. The Bertz CT molecular complexity index is 620. The van der Waals surface area contributed by atoms with E-state index >= 15 is 0 Å². The van der Waals surface area contributed by atoms with Crippen LogP contribution < -0.4 is 11.3 Å². The SMILES string of the molecule is Cc1cc(F)ccc1C(NN)C1(c2ccccc2)CCC1. The van der Waals surface area contributed by atoms with Gasteiger partial charge in [-0.05, 0) is 48.6 Å². The molecule has 0 aliphatic heterocycles. The van der Waals surface area contributed by atoms with E-state index in [1.54, 1.807) is 6.07 Å². The number of halogens is 1. The molecule has 2 nitrogen and oxygen atoms in total. The lowest BCUT2D eigenvalue weighted by Gasteiger charge is -2.48. The Labute approximate surface area is 125 Å². The van der Waals surface area contributed by atoms with Crippen molar-refractivity contribution < 1.29 is 4.39 Å². The summed E-state index contributed by atoms with van der Waals surface area (Å²) in [4.78, 5) is 0. The Morgan fingerprint density at radius 3 is 2.38 bits per heavy atom. The van der Waals surface area contributed by atoms with Gasteiger partial charge < -0.3 is 0 Å². The topological polar surface area (TPSA) is 38.0 Å². The molecule has 0 heterocycles. The van der Waals surface area contributed by atoms with Gasteiger partial charge in [0.15, 0.2) is 0 Å². The van der Waals surface area contributed by atoms with Gasteiger partial charge >= 0.3 is 0 Å². The summed E-state index contributed by atoms with van der Waals surface area (Å²) in [6.07, 6.45) is 3.40. The van der Waals surface area contributed by atoms with Crippen LogP contribution in [0.1, 0.15) is 42.0 Å². The van der Waals surface area contributed by atoms with Crippen molar-refractivity contribution in [1.29, 1.82) is 0 Å². The zero-order chi connectivity index (χ0) is 14.9. The molecule has 0 amide bonds. The zero-order valence-corrected chi connectivity index (χ0v) is 12.3. The summed E-state index contributed by atoms with van der Waals surface area (Å²) in [5, 5.41) is 0. The van der Waals surface area contributed by atoms with Crippen LogP contribution >= 0.6 is 0 Å². The van der Waals surface area contributed by atoms with Gasteiger partial charge in [-0.15, -0.1) is 0 Å². The molecule has 2 aromatic carbocycles. The summed E-state index contributed by atoms with van der Waals surface area (Å²) in [6, 6.07) is 15.5. The van der Waals surface area contributed by atoms with E-state index < -0.39 is 0 Å². The predicted molar refractivity (Wildman–Crippen MR) is 83.2 cm³/mol. The van der Waals surface area contributed by atoms with Crippen molar-refractivity contribution in [3.8, 4) is 0 Å². The number of aryl methyl sites for hydroxylation is 1. The van der Waals surface area contributed by atoms with Crippen molar-refractivity contribution in [2.24, 2.45) is 5.84 Å². The Kier molecular flexibility index (Phi) is 3.79. The summed E-state index contributed by atoms with van der Waals surface area (Å²) in [6.45, 7) is 1.94. The average molecular weight is 284 g/mol. The second kappa shape index (κ2) is 5.58. The summed E-state index contributed by atoms with van der Waals surface area (Å²) >= 11 is 0. The number of benzene rings is 2. The summed E-state index contributed by atoms with van der Waals surface area (Å²) in [5.41, 5.74) is 6.35. The highest BCUT2D eigenvalue weighted by molar-refractivity contribution is 5.39. The molecule has 3 heteroatoms. The van der Waals surface area contributed by atoms with E-state index in [-0.39, 0.29) is 17.3 Å². The normalized spacial score (nSPS) is 18.0. The van der Waals surface area contributed by atoms with Crippen LogP contribution in [0.3, 0.4) is 0 Å². The number of nitrogens with two attached hydrogens (primary N) is 1. The first-order valence-corrected chi connectivity index (χ1v) is 7.45. The minimum absolute atomic E-state index is 0.00856. The Balaban J connectivity index is 2.05. The van der Waals surface area contributed by atoms with Gasteiger partial charge in [0, 0.05) is 5.41 Å². The molecule has 1 fully saturated rings. The lowest BCUT2D eigenvalue weighted by atomic mass is 9.58. The fraction of sp³-hybridized carbons (Fsp3) is 0.333. The molecular weight excluding hydrogens is 263 g/mol. The molecule has 1 atom stereocenters. The van der Waals surface area contributed by atoms with Crippen molar-refractivity contribution in [3.05, 3.63) is 71.0 Å². The van der Waals surface area contributed by atoms with E-state index in [1.807, 2.05) is 19.1 Å². The fourth-order valence-electron chi connectivity index (χ4n) is 3.58. The number of hydrazine groups is 1. The van der Waals surface area contributed by atoms with Gasteiger partial charge in [-0.2, -0.15) is 0 Å². The zero-order valence-electron chi connectivity index (χ0n) is 12.3. The monoisotopic (exact) mass is 284 g/mol. The Hall–Kier alpha value is -1.71. The third-order valence-corrected chi connectivity index (χ3v) is 4.86. The highest BCUT2D eigenvalue weighted by Crippen LogP contribution is 2.52. The lowest BCUT2D eigenvalue weighted by molar-refractivity contribution is 0.169. The molecule has 0 radical (unpaired) electrons. The van der Waals surface area contributed by atoms with Gasteiger partial charge in [0.1, 0.15) is 5.82 Å². The first-order chi connectivity index (χ1) is 10.2. The predicted octanol–water partition coefficient (Wildman–Crippen LogP) is 3.76. The first-order valence-electron chi connectivity index (χ1n) is 7.45. The lowest BCUT2D eigenvalue weighted by Crippen LogP contribution is -2.49. The molecule has 0 bridgehead atoms. The second-order valence-electron chi connectivity index (χ2n) is 5.98. The molecule has 1 aliphatic rings. The van der Waals surface area contributed by atoms with Crippen molar-refractivity contribution in [3.63, 3.8) is 0 Å². The summed E-state index contributed by atoms with van der Waals surface area (Å²) in [7, 11) is 0. The fourth-order valence-corrected chi connectivity index (χ4v) is 3.58. The number of nitrogens with one attached hydrogen (secondary N) is 1. The molecule has 110 valence electrons. The van der Waals surface area contributed by atoms with Crippen LogP contribution in [0.5, 0.6) is 0 Å². The highest BCUT2D eigenvalue weighted by Gasteiger charge is 2.46. The van der Waals surface area contributed by atoms with Gasteiger partial charge in [-0.1, -0.05) is 42.8 Å². The van der Waals surface area contributed by atoms with Crippen molar-refractivity contribution in [2.75, 3.05) is 0 Å². The minimum atomic E-state index is -0.200.